The normalized spacial score (nSPS) is 26.1. The van der Waals surface area contributed by atoms with E-state index in [1.165, 1.54) is 58.0 Å². The van der Waals surface area contributed by atoms with Crippen molar-refractivity contribution in [3.63, 3.8) is 0 Å². The summed E-state index contributed by atoms with van der Waals surface area (Å²) in [5.41, 5.74) is 3.32. The Morgan fingerprint density at radius 3 is 2.11 bits per heavy atom. The molecule has 0 bridgehead atoms. The van der Waals surface area contributed by atoms with E-state index in [1.807, 2.05) is 0 Å². The lowest BCUT2D eigenvalue weighted by molar-refractivity contribution is 0.426. The summed E-state index contributed by atoms with van der Waals surface area (Å²) < 4.78 is 0. The van der Waals surface area contributed by atoms with Gasteiger partial charge in [-0.1, -0.05) is 43.5 Å². The largest absolute Gasteiger partial charge is 0.316 e. The summed E-state index contributed by atoms with van der Waals surface area (Å²) in [5, 5.41) is 3.56. The van der Waals surface area contributed by atoms with E-state index in [4.69, 9.17) is 0 Å². The molecule has 0 radical (unpaired) electrons. The Balaban J connectivity index is 1.83. The third-order valence-corrected chi connectivity index (χ3v) is 4.78. The summed E-state index contributed by atoms with van der Waals surface area (Å²) in [6.07, 6.45) is 9.85. The zero-order valence-electron chi connectivity index (χ0n) is 11.3. The van der Waals surface area contributed by atoms with Gasteiger partial charge >= 0.3 is 0 Å². The topological polar surface area (TPSA) is 12.0 Å². The SMILES string of the molecule is c1ccc(C2CCCNC2)c(C2CCCCC2)c1. The van der Waals surface area contributed by atoms with Crippen LogP contribution < -0.4 is 5.32 Å². The van der Waals surface area contributed by atoms with Gasteiger partial charge in [0.15, 0.2) is 0 Å². The fourth-order valence-corrected chi connectivity index (χ4v) is 3.79. The van der Waals surface area contributed by atoms with Gasteiger partial charge in [-0.2, -0.15) is 0 Å². The van der Waals surface area contributed by atoms with Gasteiger partial charge < -0.3 is 5.32 Å². The van der Waals surface area contributed by atoms with E-state index in [9.17, 15) is 0 Å². The Morgan fingerprint density at radius 2 is 1.44 bits per heavy atom. The van der Waals surface area contributed by atoms with Gasteiger partial charge in [0.25, 0.3) is 0 Å². The quantitative estimate of drug-likeness (QED) is 0.821. The van der Waals surface area contributed by atoms with Gasteiger partial charge in [0.1, 0.15) is 0 Å². The fourth-order valence-electron chi connectivity index (χ4n) is 3.79. The average molecular weight is 243 g/mol. The van der Waals surface area contributed by atoms with Crippen molar-refractivity contribution in [1.29, 1.82) is 0 Å². The van der Waals surface area contributed by atoms with Gasteiger partial charge in [-0.15, -0.1) is 0 Å². The second-order valence-corrected chi connectivity index (χ2v) is 6.01. The number of piperidine rings is 1. The minimum Gasteiger partial charge on any atom is -0.316 e. The average Bonchev–Trinajstić information content (AvgIpc) is 2.49. The minimum atomic E-state index is 0.761. The van der Waals surface area contributed by atoms with E-state index in [0.29, 0.717) is 0 Å². The number of hydrogen-bond acceptors (Lipinski definition) is 1. The Labute approximate surface area is 111 Å². The predicted octanol–water partition coefficient (Wildman–Crippen LogP) is 4.20. The van der Waals surface area contributed by atoms with Crippen LogP contribution in [0.4, 0.5) is 0 Å². The molecule has 1 saturated carbocycles. The number of benzene rings is 1. The van der Waals surface area contributed by atoms with Gasteiger partial charge in [-0.25, -0.2) is 0 Å². The fraction of sp³-hybridized carbons (Fsp3) is 0.647. The van der Waals surface area contributed by atoms with Crippen LogP contribution in [0.5, 0.6) is 0 Å². The van der Waals surface area contributed by atoms with Gasteiger partial charge in [0.2, 0.25) is 0 Å². The molecule has 1 aromatic carbocycles. The molecular weight excluding hydrogens is 218 g/mol. The molecule has 1 heterocycles. The first-order valence-corrected chi connectivity index (χ1v) is 7.74. The van der Waals surface area contributed by atoms with Crippen LogP contribution in [-0.2, 0) is 0 Å². The van der Waals surface area contributed by atoms with Crippen molar-refractivity contribution in [2.45, 2.75) is 56.8 Å². The van der Waals surface area contributed by atoms with Crippen LogP contribution in [0.15, 0.2) is 24.3 Å². The number of nitrogens with one attached hydrogen (secondary N) is 1. The van der Waals surface area contributed by atoms with Crippen molar-refractivity contribution in [2.24, 2.45) is 0 Å². The standard InChI is InChI=1S/C17H25N/c1-2-7-14(8-3-1)16-10-4-5-11-17(16)15-9-6-12-18-13-15/h4-5,10-11,14-15,18H,1-3,6-9,12-13H2. The zero-order valence-corrected chi connectivity index (χ0v) is 11.3. The van der Waals surface area contributed by atoms with Crippen molar-refractivity contribution < 1.29 is 0 Å². The summed E-state index contributed by atoms with van der Waals surface area (Å²) in [6.45, 7) is 2.39. The molecule has 2 fully saturated rings. The molecule has 1 atom stereocenters. The molecule has 1 N–H and O–H groups in total. The third-order valence-electron chi connectivity index (χ3n) is 4.78. The summed E-state index contributed by atoms with van der Waals surface area (Å²) in [5.74, 6) is 1.61. The van der Waals surface area contributed by atoms with E-state index in [0.717, 1.165) is 11.8 Å². The molecule has 3 rings (SSSR count). The number of hydrogen-bond donors (Lipinski definition) is 1. The molecule has 2 aliphatic rings. The molecule has 0 amide bonds. The first-order valence-electron chi connectivity index (χ1n) is 7.74. The van der Waals surface area contributed by atoms with Crippen molar-refractivity contribution >= 4 is 0 Å². The lowest BCUT2D eigenvalue weighted by Crippen LogP contribution is -2.29. The van der Waals surface area contributed by atoms with Crippen LogP contribution in [0.1, 0.15) is 67.9 Å². The molecule has 1 aliphatic heterocycles. The second kappa shape index (κ2) is 5.88. The highest BCUT2D eigenvalue weighted by atomic mass is 14.9. The Kier molecular flexibility index (Phi) is 3.99. The highest BCUT2D eigenvalue weighted by Crippen LogP contribution is 2.37. The third kappa shape index (κ3) is 2.61. The summed E-state index contributed by atoms with van der Waals surface area (Å²) in [4.78, 5) is 0. The Morgan fingerprint density at radius 1 is 0.778 bits per heavy atom. The van der Waals surface area contributed by atoms with E-state index in [1.54, 1.807) is 11.1 Å². The second-order valence-electron chi connectivity index (χ2n) is 6.01. The summed E-state index contributed by atoms with van der Waals surface area (Å²) in [7, 11) is 0. The highest BCUT2D eigenvalue weighted by Gasteiger charge is 2.23. The molecule has 1 aromatic rings. The zero-order chi connectivity index (χ0) is 12.2. The van der Waals surface area contributed by atoms with Crippen molar-refractivity contribution in [1.82, 2.24) is 5.32 Å². The van der Waals surface area contributed by atoms with Crippen LogP contribution in [0.25, 0.3) is 0 Å². The van der Waals surface area contributed by atoms with E-state index >= 15 is 0 Å². The van der Waals surface area contributed by atoms with Crippen molar-refractivity contribution in [3.8, 4) is 0 Å². The van der Waals surface area contributed by atoms with Crippen molar-refractivity contribution in [3.05, 3.63) is 35.4 Å². The van der Waals surface area contributed by atoms with Crippen LogP contribution in [0.2, 0.25) is 0 Å². The maximum absolute atomic E-state index is 3.56. The van der Waals surface area contributed by atoms with Crippen LogP contribution in [0.3, 0.4) is 0 Å². The molecular formula is C17H25N. The highest BCUT2D eigenvalue weighted by molar-refractivity contribution is 5.34. The molecule has 0 spiro atoms. The van der Waals surface area contributed by atoms with E-state index in [-0.39, 0.29) is 0 Å². The van der Waals surface area contributed by atoms with Crippen LogP contribution in [0, 0.1) is 0 Å². The first kappa shape index (κ1) is 12.2. The number of rotatable bonds is 2. The molecule has 1 saturated heterocycles. The maximum atomic E-state index is 3.56. The lowest BCUT2D eigenvalue weighted by Gasteiger charge is -2.29. The summed E-state index contributed by atoms with van der Waals surface area (Å²) in [6, 6.07) is 9.27. The van der Waals surface area contributed by atoms with Gasteiger partial charge in [0.05, 0.1) is 0 Å². The molecule has 1 heteroatoms. The van der Waals surface area contributed by atoms with E-state index in [2.05, 4.69) is 29.6 Å². The first-order chi connectivity index (χ1) is 8.95. The summed E-state index contributed by atoms with van der Waals surface area (Å²) >= 11 is 0. The van der Waals surface area contributed by atoms with Gasteiger partial charge in [0, 0.05) is 6.54 Å². The smallest absolute Gasteiger partial charge is 0.00202 e. The molecule has 1 aliphatic carbocycles. The maximum Gasteiger partial charge on any atom is 0.00202 e. The molecule has 18 heavy (non-hydrogen) atoms. The molecule has 0 aromatic heterocycles. The van der Waals surface area contributed by atoms with Crippen molar-refractivity contribution in [2.75, 3.05) is 13.1 Å². The van der Waals surface area contributed by atoms with Gasteiger partial charge in [-0.05, 0) is 55.2 Å². The monoisotopic (exact) mass is 243 g/mol. The molecule has 1 nitrogen and oxygen atoms in total. The molecule has 1 unspecified atom stereocenters. The predicted molar refractivity (Wildman–Crippen MR) is 77.1 cm³/mol. The Bertz CT molecular complexity index is 336. The van der Waals surface area contributed by atoms with E-state index < -0.39 is 0 Å². The molecule has 98 valence electrons. The Hall–Kier alpha value is -0.820. The van der Waals surface area contributed by atoms with Crippen LogP contribution in [-0.4, -0.2) is 13.1 Å². The minimum absolute atomic E-state index is 0.761. The van der Waals surface area contributed by atoms with Crippen LogP contribution >= 0.6 is 0 Å². The van der Waals surface area contributed by atoms with Gasteiger partial charge in [-0.3, -0.25) is 0 Å². The lowest BCUT2D eigenvalue weighted by atomic mass is 9.78.